The van der Waals surface area contributed by atoms with E-state index >= 15 is 0 Å². The van der Waals surface area contributed by atoms with E-state index in [2.05, 4.69) is 5.32 Å². The topological polar surface area (TPSA) is 66.4 Å². The van der Waals surface area contributed by atoms with Crippen LogP contribution in [0.1, 0.15) is 20.3 Å². The summed E-state index contributed by atoms with van der Waals surface area (Å²) in [5, 5.41) is 11.9. The highest BCUT2D eigenvalue weighted by molar-refractivity contribution is 7.90. The Labute approximate surface area is 80.3 Å². The highest BCUT2D eigenvalue weighted by atomic mass is 32.2. The number of aliphatic hydroxyl groups excluding tert-OH is 1. The van der Waals surface area contributed by atoms with Crippen LogP contribution in [0.3, 0.4) is 0 Å². The molecule has 4 nitrogen and oxygen atoms in total. The van der Waals surface area contributed by atoms with Gasteiger partial charge in [0.05, 0.1) is 12.4 Å². The number of hydrogen-bond donors (Lipinski definition) is 2. The van der Waals surface area contributed by atoms with Crippen LogP contribution in [0.4, 0.5) is 0 Å². The summed E-state index contributed by atoms with van der Waals surface area (Å²) in [6.07, 6.45) is 2.01. The Morgan fingerprint density at radius 3 is 2.31 bits per heavy atom. The van der Waals surface area contributed by atoms with Crippen molar-refractivity contribution in [3.8, 4) is 0 Å². The van der Waals surface area contributed by atoms with E-state index < -0.39 is 9.84 Å². The van der Waals surface area contributed by atoms with E-state index in [-0.39, 0.29) is 24.4 Å². The van der Waals surface area contributed by atoms with Gasteiger partial charge in [-0.25, -0.2) is 8.42 Å². The van der Waals surface area contributed by atoms with Crippen LogP contribution >= 0.6 is 0 Å². The van der Waals surface area contributed by atoms with E-state index in [1.807, 2.05) is 6.92 Å². The molecule has 0 saturated heterocycles. The average molecular weight is 209 g/mol. The molecule has 0 aromatic carbocycles. The van der Waals surface area contributed by atoms with Crippen LogP contribution in [0, 0.1) is 0 Å². The molecule has 0 heterocycles. The summed E-state index contributed by atoms with van der Waals surface area (Å²) in [4.78, 5) is 0. The molecule has 0 radical (unpaired) electrons. The third-order valence-electron chi connectivity index (χ3n) is 1.79. The second kappa shape index (κ2) is 5.57. The SMILES string of the molecule is CC[C@H](CO)NC(C)CS(C)(=O)=O. The standard InChI is InChI=1S/C8H19NO3S/c1-4-8(5-10)9-7(2)6-13(3,11)12/h7-10H,4-6H2,1-3H3/t7?,8-/m1/s1. The molecule has 1 unspecified atom stereocenters. The monoisotopic (exact) mass is 209 g/mol. The fraction of sp³-hybridized carbons (Fsp3) is 1.00. The largest absolute Gasteiger partial charge is 0.395 e. The van der Waals surface area contributed by atoms with Crippen molar-refractivity contribution in [2.75, 3.05) is 18.6 Å². The smallest absolute Gasteiger partial charge is 0.148 e. The van der Waals surface area contributed by atoms with Crippen molar-refractivity contribution in [3.63, 3.8) is 0 Å². The molecule has 0 aromatic heterocycles. The Balaban J connectivity index is 3.93. The van der Waals surface area contributed by atoms with Gasteiger partial charge in [-0.3, -0.25) is 0 Å². The maximum atomic E-state index is 10.9. The fourth-order valence-electron chi connectivity index (χ4n) is 1.20. The minimum Gasteiger partial charge on any atom is -0.395 e. The van der Waals surface area contributed by atoms with Gasteiger partial charge < -0.3 is 10.4 Å². The first-order valence-corrected chi connectivity index (χ1v) is 6.49. The van der Waals surface area contributed by atoms with Crippen LogP contribution in [-0.2, 0) is 9.84 Å². The van der Waals surface area contributed by atoms with Gasteiger partial charge in [0.2, 0.25) is 0 Å². The van der Waals surface area contributed by atoms with E-state index in [9.17, 15) is 8.42 Å². The Kier molecular flexibility index (Phi) is 5.51. The number of sulfone groups is 1. The lowest BCUT2D eigenvalue weighted by atomic mass is 10.2. The van der Waals surface area contributed by atoms with Crippen LogP contribution in [0.15, 0.2) is 0 Å². The molecule has 0 bridgehead atoms. The van der Waals surface area contributed by atoms with Crippen molar-refractivity contribution in [2.45, 2.75) is 32.4 Å². The summed E-state index contributed by atoms with van der Waals surface area (Å²) in [5.41, 5.74) is 0. The van der Waals surface area contributed by atoms with Crippen molar-refractivity contribution < 1.29 is 13.5 Å². The van der Waals surface area contributed by atoms with E-state index in [0.29, 0.717) is 0 Å². The molecule has 0 amide bonds. The number of hydrogen-bond acceptors (Lipinski definition) is 4. The van der Waals surface area contributed by atoms with Crippen LogP contribution < -0.4 is 5.32 Å². The molecule has 0 aliphatic carbocycles. The lowest BCUT2D eigenvalue weighted by Crippen LogP contribution is -2.41. The summed E-state index contributed by atoms with van der Waals surface area (Å²) < 4.78 is 21.8. The third kappa shape index (κ3) is 6.98. The minimum atomic E-state index is -2.93. The highest BCUT2D eigenvalue weighted by Crippen LogP contribution is 1.95. The average Bonchev–Trinajstić information content (AvgIpc) is 1.96. The molecule has 0 aromatic rings. The molecule has 2 atom stereocenters. The summed E-state index contributed by atoms with van der Waals surface area (Å²) in [6.45, 7) is 3.80. The van der Waals surface area contributed by atoms with Gasteiger partial charge in [-0.1, -0.05) is 6.92 Å². The summed E-state index contributed by atoms with van der Waals surface area (Å²) >= 11 is 0. The van der Waals surface area contributed by atoms with Crippen LogP contribution in [0.2, 0.25) is 0 Å². The Bertz CT molecular complexity index is 222. The first-order valence-electron chi connectivity index (χ1n) is 4.43. The van der Waals surface area contributed by atoms with E-state index in [1.165, 1.54) is 6.26 Å². The molecule has 0 spiro atoms. The van der Waals surface area contributed by atoms with Crippen molar-refractivity contribution in [2.24, 2.45) is 0 Å². The van der Waals surface area contributed by atoms with E-state index in [1.54, 1.807) is 6.92 Å². The Morgan fingerprint density at radius 2 is 2.00 bits per heavy atom. The van der Waals surface area contributed by atoms with Gasteiger partial charge in [0.25, 0.3) is 0 Å². The zero-order valence-corrected chi connectivity index (χ0v) is 9.26. The van der Waals surface area contributed by atoms with Crippen LogP contribution in [0.25, 0.3) is 0 Å². The van der Waals surface area contributed by atoms with Crippen molar-refractivity contribution in [1.29, 1.82) is 0 Å². The summed E-state index contributed by atoms with van der Waals surface area (Å²) in [6, 6.07) is -0.108. The van der Waals surface area contributed by atoms with Crippen molar-refractivity contribution >= 4 is 9.84 Å². The van der Waals surface area contributed by atoms with Gasteiger partial charge in [-0.2, -0.15) is 0 Å². The number of nitrogens with one attached hydrogen (secondary N) is 1. The summed E-state index contributed by atoms with van der Waals surface area (Å²) in [7, 11) is -2.93. The Morgan fingerprint density at radius 1 is 1.46 bits per heavy atom. The molecule has 0 fully saturated rings. The fourth-order valence-corrected chi connectivity index (χ4v) is 2.21. The number of aliphatic hydroxyl groups is 1. The zero-order chi connectivity index (χ0) is 10.5. The van der Waals surface area contributed by atoms with Crippen LogP contribution in [-0.4, -0.2) is 44.2 Å². The zero-order valence-electron chi connectivity index (χ0n) is 8.45. The molecule has 80 valence electrons. The van der Waals surface area contributed by atoms with Gasteiger partial charge in [-0.05, 0) is 13.3 Å². The first kappa shape index (κ1) is 12.9. The predicted octanol–water partition coefficient (Wildman–Crippen LogP) is -0.220. The van der Waals surface area contributed by atoms with Crippen molar-refractivity contribution in [1.82, 2.24) is 5.32 Å². The molecule has 5 heteroatoms. The van der Waals surface area contributed by atoms with Gasteiger partial charge in [0, 0.05) is 18.3 Å². The highest BCUT2D eigenvalue weighted by Gasteiger charge is 2.13. The lowest BCUT2D eigenvalue weighted by molar-refractivity contribution is 0.232. The second-order valence-corrected chi connectivity index (χ2v) is 5.63. The second-order valence-electron chi connectivity index (χ2n) is 3.45. The van der Waals surface area contributed by atoms with E-state index in [4.69, 9.17) is 5.11 Å². The maximum absolute atomic E-state index is 10.9. The molecule has 0 rings (SSSR count). The van der Waals surface area contributed by atoms with Gasteiger partial charge in [0.15, 0.2) is 0 Å². The molecule has 0 saturated carbocycles. The van der Waals surface area contributed by atoms with Gasteiger partial charge >= 0.3 is 0 Å². The van der Waals surface area contributed by atoms with Gasteiger partial charge in [-0.15, -0.1) is 0 Å². The maximum Gasteiger partial charge on any atom is 0.148 e. The molecule has 2 N–H and O–H groups in total. The molecular weight excluding hydrogens is 190 g/mol. The lowest BCUT2D eigenvalue weighted by Gasteiger charge is -2.19. The first-order chi connectivity index (χ1) is 5.89. The quantitative estimate of drug-likeness (QED) is 0.635. The third-order valence-corrected chi connectivity index (χ3v) is 2.89. The molecule has 13 heavy (non-hydrogen) atoms. The molecule has 0 aliphatic rings. The van der Waals surface area contributed by atoms with Crippen LogP contribution in [0.5, 0.6) is 0 Å². The normalized spacial score (nSPS) is 16.9. The predicted molar refractivity (Wildman–Crippen MR) is 53.5 cm³/mol. The van der Waals surface area contributed by atoms with Crippen molar-refractivity contribution in [3.05, 3.63) is 0 Å². The summed E-state index contributed by atoms with van der Waals surface area (Å²) in [5.74, 6) is 0.115. The minimum absolute atomic E-state index is 0.00301. The van der Waals surface area contributed by atoms with E-state index in [0.717, 1.165) is 6.42 Å². The number of rotatable bonds is 6. The molecule has 0 aliphatic heterocycles. The Hall–Kier alpha value is -0.130. The molecular formula is C8H19NO3S. The van der Waals surface area contributed by atoms with Gasteiger partial charge in [0.1, 0.15) is 9.84 Å².